The van der Waals surface area contributed by atoms with E-state index >= 15 is 0 Å². The van der Waals surface area contributed by atoms with Crippen LogP contribution in [0, 0.1) is 0 Å². The van der Waals surface area contributed by atoms with Crippen LogP contribution >= 0.6 is 22.7 Å². The van der Waals surface area contributed by atoms with Gasteiger partial charge >= 0.3 is 0 Å². The van der Waals surface area contributed by atoms with Crippen LogP contribution in [0.15, 0.2) is 45.3 Å². The zero-order chi connectivity index (χ0) is 24.5. The maximum absolute atomic E-state index is 13.4. The molecule has 1 aromatic carbocycles. The van der Waals surface area contributed by atoms with E-state index in [-0.39, 0.29) is 23.9 Å². The molecule has 0 saturated heterocycles. The van der Waals surface area contributed by atoms with Crippen LogP contribution < -0.4 is 10.2 Å². The van der Waals surface area contributed by atoms with Crippen LogP contribution in [0.1, 0.15) is 41.7 Å². The van der Waals surface area contributed by atoms with Gasteiger partial charge in [0, 0.05) is 30.1 Å². The van der Waals surface area contributed by atoms with Gasteiger partial charge in [0.15, 0.2) is 6.71 Å². The molecule has 0 saturated carbocycles. The Balaban J connectivity index is 1.55. The predicted molar refractivity (Wildman–Crippen MR) is 139 cm³/mol. The first-order chi connectivity index (χ1) is 16.1. The van der Waals surface area contributed by atoms with Gasteiger partial charge in [0.1, 0.15) is 6.04 Å². The molecule has 0 unspecified atom stereocenters. The van der Waals surface area contributed by atoms with Crippen molar-refractivity contribution in [2.75, 3.05) is 7.05 Å². The number of rotatable bonds is 9. The van der Waals surface area contributed by atoms with Gasteiger partial charge in [-0.15, -0.1) is 28.6 Å². The molecule has 3 heterocycles. The summed E-state index contributed by atoms with van der Waals surface area (Å²) in [6, 6.07) is 4.12. The number of carbonyl (C=O) groups excluding carboxylic acids is 1. The van der Waals surface area contributed by atoms with Crippen molar-refractivity contribution < 1.29 is 13.2 Å². The van der Waals surface area contributed by atoms with E-state index in [1.165, 1.54) is 16.2 Å². The Morgan fingerprint density at radius 2 is 2.03 bits per heavy atom. The summed E-state index contributed by atoms with van der Waals surface area (Å²) >= 11 is 2.97. The minimum absolute atomic E-state index is 0.143. The van der Waals surface area contributed by atoms with E-state index in [0.29, 0.717) is 18.2 Å². The fourth-order valence-corrected chi connectivity index (χ4v) is 6.48. The second kappa shape index (κ2) is 10.1. The fraction of sp³-hybridized carbons (Fsp3) is 0.348. The number of fused-ring (bicyclic) bond motifs is 1. The van der Waals surface area contributed by atoms with Gasteiger partial charge in [-0.2, -0.15) is 4.72 Å². The molecule has 11 heteroatoms. The highest BCUT2D eigenvalue weighted by Gasteiger charge is 2.30. The Hall–Kier alpha value is -2.34. The van der Waals surface area contributed by atoms with Crippen LogP contribution in [0.5, 0.6) is 0 Å². The summed E-state index contributed by atoms with van der Waals surface area (Å²) in [5.41, 5.74) is 5.11. The second-order valence-corrected chi connectivity index (χ2v) is 12.1. The largest absolute Gasteiger partial charge is 0.338 e. The van der Waals surface area contributed by atoms with E-state index < -0.39 is 16.1 Å². The van der Waals surface area contributed by atoms with E-state index in [0.717, 1.165) is 21.7 Å². The number of hydrogen-bond acceptors (Lipinski definition) is 7. The zero-order valence-electron chi connectivity index (χ0n) is 19.6. The molecule has 0 spiro atoms. The minimum Gasteiger partial charge on any atom is -0.338 e. The lowest BCUT2D eigenvalue weighted by Crippen LogP contribution is -2.48. The molecule has 3 aromatic rings. The zero-order valence-corrected chi connectivity index (χ0v) is 22.0. The SMILES string of the molecule is CB1C=Cc2cc(S(=O)(=O)N[C@@H](Cc3cscn3)C(=O)N(C)Cc3csc(C(C)C)n3)ccc21. The van der Waals surface area contributed by atoms with Crippen LogP contribution in [0.25, 0.3) is 6.08 Å². The molecule has 1 aliphatic heterocycles. The third-order valence-electron chi connectivity index (χ3n) is 5.75. The number of nitrogens with one attached hydrogen (secondary N) is 1. The molecule has 0 bridgehead atoms. The lowest BCUT2D eigenvalue weighted by Gasteiger charge is -2.24. The molecule has 1 aliphatic rings. The summed E-state index contributed by atoms with van der Waals surface area (Å²) in [7, 11) is -2.26. The maximum Gasteiger partial charge on any atom is 0.241 e. The summed E-state index contributed by atoms with van der Waals surface area (Å²) in [4.78, 5) is 23.9. The minimum atomic E-state index is -3.93. The van der Waals surface area contributed by atoms with Crippen LogP contribution in [0.3, 0.4) is 0 Å². The number of amides is 1. The molecule has 0 aliphatic carbocycles. The summed E-state index contributed by atoms with van der Waals surface area (Å²) in [6.45, 7) is 6.78. The predicted octanol–water partition coefficient (Wildman–Crippen LogP) is 3.17. The van der Waals surface area contributed by atoms with Gasteiger partial charge < -0.3 is 4.90 Å². The highest BCUT2D eigenvalue weighted by Crippen LogP contribution is 2.21. The molecule has 0 fully saturated rings. The van der Waals surface area contributed by atoms with Crippen LogP contribution in [-0.4, -0.2) is 49.0 Å². The second-order valence-electron chi connectivity index (χ2n) is 8.82. The molecule has 2 aromatic heterocycles. The van der Waals surface area contributed by atoms with Crippen molar-refractivity contribution in [1.82, 2.24) is 19.6 Å². The smallest absolute Gasteiger partial charge is 0.241 e. The number of benzene rings is 1. The first kappa shape index (κ1) is 24.8. The molecule has 178 valence electrons. The van der Waals surface area contributed by atoms with Crippen molar-refractivity contribution in [3.63, 3.8) is 0 Å². The van der Waals surface area contributed by atoms with E-state index in [2.05, 4.69) is 35.4 Å². The molecule has 1 amide bonds. The van der Waals surface area contributed by atoms with Gasteiger partial charge in [-0.25, -0.2) is 18.4 Å². The number of hydrogen-bond donors (Lipinski definition) is 1. The first-order valence-corrected chi connectivity index (χ1v) is 14.4. The molecule has 7 nitrogen and oxygen atoms in total. The number of nitrogens with zero attached hydrogens (tertiary/aromatic N) is 3. The van der Waals surface area contributed by atoms with E-state index in [9.17, 15) is 13.2 Å². The van der Waals surface area contributed by atoms with E-state index in [1.807, 2.05) is 28.9 Å². The third-order valence-corrected chi connectivity index (χ3v) is 9.05. The number of carbonyl (C=O) groups is 1. The summed E-state index contributed by atoms with van der Waals surface area (Å²) in [5.74, 6) is 2.03. The van der Waals surface area contributed by atoms with Gasteiger partial charge in [-0.3, -0.25) is 4.79 Å². The van der Waals surface area contributed by atoms with Crippen molar-refractivity contribution in [3.8, 4) is 0 Å². The lowest BCUT2D eigenvalue weighted by atomic mass is 9.49. The van der Waals surface area contributed by atoms with Crippen LogP contribution in [0.4, 0.5) is 0 Å². The highest BCUT2D eigenvalue weighted by atomic mass is 32.2. The normalized spacial score (nSPS) is 14.0. The molecule has 1 N–H and O–H groups in total. The van der Waals surface area contributed by atoms with Crippen molar-refractivity contribution in [2.45, 2.75) is 50.5 Å². The Kier molecular flexibility index (Phi) is 7.37. The summed E-state index contributed by atoms with van der Waals surface area (Å²) < 4.78 is 29.2. The van der Waals surface area contributed by atoms with Crippen LogP contribution in [0.2, 0.25) is 6.82 Å². The Morgan fingerprint density at radius 1 is 1.24 bits per heavy atom. The molecule has 4 rings (SSSR count). The Labute approximate surface area is 209 Å². The monoisotopic (exact) mass is 514 g/mol. The van der Waals surface area contributed by atoms with Crippen molar-refractivity contribution in [1.29, 1.82) is 0 Å². The molecular weight excluding hydrogens is 487 g/mol. The first-order valence-electron chi connectivity index (χ1n) is 11.0. The van der Waals surface area contributed by atoms with Crippen molar-refractivity contribution in [3.05, 3.63) is 62.4 Å². The standard InChI is InChI=1S/C23H27BN4O3S3/c1-15(2)22-26-18(13-33-22)11-28(4)23(29)21(10-17-12-32-14-25-17)27-34(30,31)19-5-6-20-16(9-19)7-8-24(20)3/h5-9,12-15,21,27H,10-11H2,1-4H3/t21-/m0/s1. The number of aromatic nitrogens is 2. The van der Waals surface area contributed by atoms with Gasteiger partial charge in [-0.05, 0) is 17.7 Å². The molecular formula is C23H27BN4O3S3. The van der Waals surface area contributed by atoms with Crippen molar-refractivity contribution >= 4 is 56.9 Å². The summed E-state index contributed by atoms with van der Waals surface area (Å²) in [6.07, 6.45) is 2.10. The maximum atomic E-state index is 13.4. The lowest BCUT2D eigenvalue weighted by molar-refractivity contribution is -0.132. The molecule has 0 radical (unpaired) electrons. The number of likely N-dealkylation sites (N-methyl/N-ethyl adjacent to an activating group) is 1. The fourth-order valence-electron chi connectivity index (χ4n) is 3.86. The van der Waals surface area contributed by atoms with E-state index in [4.69, 9.17) is 0 Å². The Bertz CT molecular complexity index is 1300. The van der Waals surface area contributed by atoms with Crippen LogP contribution in [-0.2, 0) is 27.8 Å². The van der Waals surface area contributed by atoms with E-state index in [1.54, 1.807) is 36.0 Å². The third kappa shape index (κ3) is 5.48. The van der Waals surface area contributed by atoms with Crippen molar-refractivity contribution in [2.24, 2.45) is 0 Å². The highest BCUT2D eigenvalue weighted by molar-refractivity contribution is 7.89. The van der Waals surface area contributed by atoms with Gasteiger partial charge in [0.05, 0.1) is 33.3 Å². The molecule has 34 heavy (non-hydrogen) atoms. The average Bonchev–Trinajstić information content (AvgIpc) is 3.54. The number of thiazole rings is 2. The Morgan fingerprint density at radius 3 is 2.71 bits per heavy atom. The quantitative estimate of drug-likeness (QED) is 0.443. The average molecular weight is 515 g/mol. The summed E-state index contributed by atoms with van der Waals surface area (Å²) in [5, 5.41) is 4.78. The topological polar surface area (TPSA) is 92.3 Å². The van der Waals surface area contributed by atoms with Gasteiger partial charge in [0.2, 0.25) is 15.9 Å². The number of sulfonamides is 1. The molecule has 1 atom stereocenters. The van der Waals surface area contributed by atoms with Gasteiger partial charge in [-0.1, -0.05) is 38.3 Å². The van der Waals surface area contributed by atoms with Gasteiger partial charge in [0.25, 0.3) is 0 Å².